The standard InChI is InChI=1S/C28H28N4O4/c1-16-10-12-20(13-11-16)32-27-25(18(3)31-32)17(2)14-24(30-27)35-15-22-19(4)36-28(29-22)21-8-7-9-23(33-5)26(21)34-6/h7-14H,15H2,1-6H3. The lowest BCUT2D eigenvalue weighted by atomic mass is 10.1. The largest absolute Gasteiger partial charge is 0.493 e. The molecule has 184 valence electrons. The number of oxazole rings is 1. The molecule has 0 unspecified atom stereocenters. The summed E-state index contributed by atoms with van der Waals surface area (Å²) in [6.45, 7) is 8.16. The first kappa shape index (κ1) is 23.4. The molecule has 3 heterocycles. The number of aryl methyl sites for hydroxylation is 4. The van der Waals surface area contributed by atoms with Gasteiger partial charge < -0.3 is 18.6 Å². The van der Waals surface area contributed by atoms with Crippen molar-refractivity contribution in [3.8, 4) is 34.5 Å². The molecule has 0 aliphatic carbocycles. The third-order valence-corrected chi connectivity index (χ3v) is 6.15. The van der Waals surface area contributed by atoms with Crippen molar-refractivity contribution in [1.82, 2.24) is 19.7 Å². The van der Waals surface area contributed by atoms with Gasteiger partial charge in [-0.2, -0.15) is 10.1 Å². The predicted molar refractivity (Wildman–Crippen MR) is 137 cm³/mol. The van der Waals surface area contributed by atoms with Crippen LogP contribution in [0.25, 0.3) is 28.2 Å². The third kappa shape index (κ3) is 4.15. The molecule has 0 radical (unpaired) electrons. The maximum atomic E-state index is 6.10. The zero-order valence-corrected chi connectivity index (χ0v) is 21.2. The molecule has 0 fully saturated rings. The van der Waals surface area contributed by atoms with Crippen LogP contribution >= 0.6 is 0 Å². The summed E-state index contributed by atoms with van der Waals surface area (Å²) in [5.41, 5.74) is 6.25. The van der Waals surface area contributed by atoms with Crippen molar-refractivity contribution in [2.24, 2.45) is 0 Å². The molecule has 5 rings (SSSR count). The molecule has 0 amide bonds. The van der Waals surface area contributed by atoms with Crippen molar-refractivity contribution in [3.63, 3.8) is 0 Å². The SMILES string of the molecule is COc1cccc(-c2nc(COc3cc(C)c4c(C)nn(-c5ccc(C)cc5)c4n3)c(C)o2)c1OC. The van der Waals surface area contributed by atoms with E-state index in [2.05, 4.69) is 24.0 Å². The fourth-order valence-electron chi connectivity index (χ4n) is 4.29. The lowest BCUT2D eigenvalue weighted by molar-refractivity contribution is 0.288. The molecule has 2 aromatic carbocycles. The first-order valence-electron chi connectivity index (χ1n) is 11.6. The van der Waals surface area contributed by atoms with Crippen LogP contribution in [0, 0.1) is 27.7 Å². The average Bonchev–Trinajstić information content (AvgIpc) is 3.42. The maximum absolute atomic E-state index is 6.10. The van der Waals surface area contributed by atoms with Gasteiger partial charge in [0.25, 0.3) is 0 Å². The number of methoxy groups -OCH3 is 2. The number of rotatable bonds is 7. The van der Waals surface area contributed by atoms with Gasteiger partial charge in [-0.1, -0.05) is 23.8 Å². The van der Waals surface area contributed by atoms with E-state index in [1.54, 1.807) is 14.2 Å². The minimum atomic E-state index is 0.206. The second kappa shape index (κ2) is 9.37. The van der Waals surface area contributed by atoms with Gasteiger partial charge in [0, 0.05) is 11.5 Å². The Morgan fingerprint density at radius 1 is 0.917 bits per heavy atom. The Morgan fingerprint density at radius 2 is 1.69 bits per heavy atom. The molecule has 36 heavy (non-hydrogen) atoms. The van der Waals surface area contributed by atoms with E-state index in [1.165, 1.54) is 5.56 Å². The van der Waals surface area contributed by atoms with Crippen molar-refractivity contribution in [2.75, 3.05) is 14.2 Å². The molecule has 0 spiro atoms. The normalized spacial score (nSPS) is 11.2. The third-order valence-electron chi connectivity index (χ3n) is 6.15. The Morgan fingerprint density at radius 3 is 2.42 bits per heavy atom. The molecular weight excluding hydrogens is 456 g/mol. The smallest absolute Gasteiger partial charge is 0.230 e. The monoisotopic (exact) mass is 484 g/mol. The number of hydrogen-bond acceptors (Lipinski definition) is 7. The lowest BCUT2D eigenvalue weighted by Crippen LogP contribution is -2.02. The zero-order chi connectivity index (χ0) is 25.4. The van der Waals surface area contributed by atoms with Crippen LogP contribution in [0.2, 0.25) is 0 Å². The molecule has 0 saturated carbocycles. The fraction of sp³-hybridized carbons (Fsp3) is 0.250. The first-order valence-corrected chi connectivity index (χ1v) is 11.6. The maximum Gasteiger partial charge on any atom is 0.230 e. The molecule has 0 aliphatic heterocycles. The number of aromatic nitrogens is 4. The second-order valence-corrected chi connectivity index (χ2v) is 8.66. The van der Waals surface area contributed by atoms with E-state index >= 15 is 0 Å². The Kier molecular flexibility index (Phi) is 6.10. The number of hydrogen-bond donors (Lipinski definition) is 0. The number of pyridine rings is 1. The van der Waals surface area contributed by atoms with Crippen molar-refractivity contribution in [2.45, 2.75) is 34.3 Å². The van der Waals surface area contributed by atoms with Crippen LogP contribution in [0.15, 0.2) is 52.9 Å². The van der Waals surface area contributed by atoms with Gasteiger partial charge in [-0.3, -0.25) is 0 Å². The van der Waals surface area contributed by atoms with Crippen molar-refractivity contribution < 1.29 is 18.6 Å². The van der Waals surface area contributed by atoms with Gasteiger partial charge in [-0.05, 0) is 57.5 Å². The summed E-state index contributed by atoms with van der Waals surface area (Å²) in [5.74, 6) is 2.77. The quantitative estimate of drug-likeness (QED) is 0.284. The lowest BCUT2D eigenvalue weighted by Gasteiger charge is -2.10. The molecular formula is C28H28N4O4. The summed E-state index contributed by atoms with van der Waals surface area (Å²) in [6, 6.07) is 15.7. The summed E-state index contributed by atoms with van der Waals surface area (Å²) in [4.78, 5) is 9.47. The average molecular weight is 485 g/mol. The Bertz CT molecular complexity index is 1550. The highest BCUT2D eigenvalue weighted by molar-refractivity contribution is 5.84. The predicted octanol–water partition coefficient (Wildman–Crippen LogP) is 5.91. The second-order valence-electron chi connectivity index (χ2n) is 8.66. The molecule has 5 aromatic rings. The van der Waals surface area contributed by atoms with Crippen LogP contribution in [0.1, 0.15) is 28.3 Å². The van der Waals surface area contributed by atoms with E-state index in [4.69, 9.17) is 28.7 Å². The Hall–Kier alpha value is -4.33. The minimum Gasteiger partial charge on any atom is -0.493 e. The number of benzene rings is 2. The van der Waals surface area contributed by atoms with E-state index < -0.39 is 0 Å². The van der Waals surface area contributed by atoms with Gasteiger partial charge in [0.15, 0.2) is 17.1 Å². The van der Waals surface area contributed by atoms with E-state index in [0.29, 0.717) is 40.3 Å². The summed E-state index contributed by atoms with van der Waals surface area (Å²) in [6.07, 6.45) is 0. The number of ether oxygens (including phenoxy) is 3. The highest BCUT2D eigenvalue weighted by atomic mass is 16.5. The van der Waals surface area contributed by atoms with Crippen LogP contribution in [0.3, 0.4) is 0 Å². The van der Waals surface area contributed by atoms with Gasteiger partial charge in [-0.15, -0.1) is 0 Å². The summed E-state index contributed by atoms with van der Waals surface area (Å²) in [5, 5.41) is 5.76. The number of para-hydroxylation sites is 1. The number of fused-ring (bicyclic) bond motifs is 1. The van der Waals surface area contributed by atoms with Crippen LogP contribution in [0.4, 0.5) is 0 Å². The van der Waals surface area contributed by atoms with Crippen molar-refractivity contribution >= 4 is 11.0 Å². The van der Waals surface area contributed by atoms with Crippen molar-refractivity contribution in [1.29, 1.82) is 0 Å². The first-order chi connectivity index (χ1) is 17.4. The summed E-state index contributed by atoms with van der Waals surface area (Å²) < 4.78 is 24.9. The molecule has 8 nitrogen and oxygen atoms in total. The van der Waals surface area contributed by atoms with E-state index in [1.807, 2.05) is 61.9 Å². The summed E-state index contributed by atoms with van der Waals surface area (Å²) in [7, 11) is 3.19. The molecule has 0 atom stereocenters. The van der Waals surface area contributed by atoms with E-state index in [9.17, 15) is 0 Å². The van der Waals surface area contributed by atoms with Gasteiger partial charge in [0.1, 0.15) is 18.1 Å². The van der Waals surface area contributed by atoms with Crippen LogP contribution in [0.5, 0.6) is 17.4 Å². The fourth-order valence-corrected chi connectivity index (χ4v) is 4.29. The van der Waals surface area contributed by atoms with E-state index in [0.717, 1.165) is 28.0 Å². The zero-order valence-electron chi connectivity index (χ0n) is 21.2. The van der Waals surface area contributed by atoms with Crippen LogP contribution in [-0.2, 0) is 6.61 Å². The minimum absolute atomic E-state index is 0.206. The van der Waals surface area contributed by atoms with Gasteiger partial charge in [0.2, 0.25) is 11.8 Å². The Labute approximate surface area is 209 Å². The van der Waals surface area contributed by atoms with Crippen LogP contribution in [-0.4, -0.2) is 34.0 Å². The molecule has 0 saturated heterocycles. The molecule has 0 aliphatic rings. The van der Waals surface area contributed by atoms with Gasteiger partial charge in [-0.25, -0.2) is 9.67 Å². The molecule has 0 N–H and O–H groups in total. The topological polar surface area (TPSA) is 84.4 Å². The van der Waals surface area contributed by atoms with Crippen LogP contribution < -0.4 is 14.2 Å². The molecule has 8 heteroatoms. The highest BCUT2D eigenvalue weighted by Gasteiger charge is 2.19. The van der Waals surface area contributed by atoms with Crippen molar-refractivity contribution in [3.05, 3.63) is 76.8 Å². The van der Waals surface area contributed by atoms with Gasteiger partial charge in [0.05, 0.1) is 31.2 Å². The highest BCUT2D eigenvalue weighted by Crippen LogP contribution is 2.38. The molecule has 0 bridgehead atoms. The van der Waals surface area contributed by atoms with E-state index in [-0.39, 0.29) is 6.61 Å². The molecule has 3 aromatic heterocycles. The Balaban J connectivity index is 1.45. The number of nitrogens with zero attached hydrogens (tertiary/aromatic N) is 4. The van der Waals surface area contributed by atoms with Gasteiger partial charge >= 0.3 is 0 Å². The summed E-state index contributed by atoms with van der Waals surface area (Å²) >= 11 is 0.